The Balaban J connectivity index is 1.63. The van der Waals surface area contributed by atoms with Gasteiger partial charge in [0, 0.05) is 23.5 Å². The Morgan fingerprint density at radius 3 is 2.88 bits per heavy atom. The monoisotopic (exact) mass is 322 g/mol. The van der Waals surface area contributed by atoms with Crippen molar-refractivity contribution in [1.29, 1.82) is 0 Å². The first kappa shape index (κ1) is 15.8. The Morgan fingerprint density at radius 1 is 1.08 bits per heavy atom. The van der Waals surface area contributed by atoms with Gasteiger partial charge in [0.2, 0.25) is 0 Å². The summed E-state index contributed by atoms with van der Waals surface area (Å²) in [5, 5.41) is 0. The van der Waals surface area contributed by atoms with Crippen LogP contribution in [0.3, 0.4) is 0 Å². The zero-order valence-electron chi connectivity index (χ0n) is 14.4. The molecule has 2 unspecified atom stereocenters. The molecule has 1 aliphatic carbocycles. The molecular formula is C21H26N2O. The summed E-state index contributed by atoms with van der Waals surface area (Å²) < 4.78 is 6.54. The van der Waals surface area contributed by atoms with Gasteiger partial charge in [-0.2, -0.15) is 0 Å². The third-order valence-electron chi connectivity index (χ3n) is 5.55. The molecule has 0 amide bonds. The lowest BCUT2D eigenvalue weighted by Crippen LogP contribution is -2.39. The maximum atomic E-state index is 6.54. The van der Waals surface area contributed by atoms with E-state index in [1.165, 1.54) is 48.2 Å². The highest BCUT2D eigenvalue weighted by molar-refractivity contribution is 5.41. The Kier molecular flexibility index (Phi) is 4.63. The average Bonchev–Trinajstić information content (AvgIpc) is 2.78. The zero-order chi connectivity index (χ0) is 16.4. The smallest absolute Gasteiger partial charge is 0.110 e. The van der Waals surface area contributed by atoms with Crippen LogP contribution in [0.25, 0.3) is 0 Å². The molecular weight excluding hydrogens is 296 g/mol. The molecule has 126 valence electrons. The molecule has 1 aromatic heterocycles. The highest BCUT2D eigenvalue weighted by Crippen LogP contribution is 2.34. The Hall–Kier alpha value is -1.71. The number of likely N-dealkylation sites (tertiary alicyclic amines) is 1. The molecule has 24 heavy (non-hydrogen) atoms. The molecule has 2 heterocycles. The van der Waals surface area contributed by atoms with Crippen LogP contribution in [0.2, 0.25) is 0 Å². The Bertz CT molecular complexity index is 652. The number of aryl methyl sites for hydroxylation is 2. The lowest BCUT2D eigenvalue weighted by Gasteiger charge is -2.33. The summed E-state index contributed by atoms with van der Waals surface area (Å²) >= 11 is 0. The summed E-state index contributed by atoms with van der Waals surface area (Å²) in [4.78, 5) is 7.09. The van der Waals surface area contributed by atoms with Crippen LogP contribution in [0, 0.1) is 0 Å². The molecule has 0 spiro atoms. The second-order valence-electron chi connectivity index (χ2n) is 7.08. The van der Waals surface area contributed by atoms with E-state index in [1.807, 2.05) is 12.3 Å². The van der Waals surface area contributed by atoms with Crippen molar-refractivity contribution in [3.05, 3.63) is 65.0 Å². The number of pyridine rings is 1. The van der Waals surface area contributed by atoms with Crippen LogP contribution in [0.1, 0.15) is 47.8 Å². The molecule has 1 aliphatic heterocycles. The predicted molar refractivity (Wildman–Crippen MR) is 96.2 cm³/mol. The molecule has 3 nitrogen and oxygen atoms in total. The van der Waals surface area contributed by atoms with E-state index in [-0.39, 0.29) is 6.10 Å². The van der Waals surface area contributed by atoms with Gasteiger partial charge in [0.15, 0.2) is 0 Å². The Morgan fingerprint density at radius 2 is 1.96 bits per heavy atom. The van der Waals surface area contributed by atoms with E-state index < -0.39 is 0 Å². The van der Waals surface area contributed by atoms with Crippen molar-refractivity contribution in [1.82, 2.24) is 9.88 Å². The van der Waals surface area contributed by atoms with Crippen molar-refractivity contribution in [2.45, 2.75) is 44.2 Å². The number of ether oxygens (including phenoxy) is 1. The minimum Gasteiger partial charge on any atom is -0.367 e. The number of likely N-dealkylation sites (N-methyl/N-ethyl adjacent to an activating group) is 1. The number of fused-ring (bicyclic) bond motifs is 2. The van der Waals surface area contributed by atoms with E-state index in [4.69, 9.17) is 4.74 Å². The molecule has 2 atom stereocenters. The molecule has 0 N–H and O–H groups in total. The van der Waals surface area contributed by atoms with Gasteiger partial charge in [-0.15, -0.1) is 0 Å². The molecule has 0 bridgehead atoms. The molecule has 2 aliphatic rings. The van der Waals surface area contributed by atoms with E-state index in [0.29, 0.717) is 6.04 Å². The number of piperidine rings is 1. The fourth-order valence-corrected chi connectivity index (χ4v) is 4.08. The topological polar surface area (TPSA) is 25.4 Å². The minimum absolute atomic E-state index is 0.0164. The quantitative estimate of drug-likeness (QED) is 0.860. The first-order valence-electron chi connectivity index (χ1n) is 9.16. The third-order valence-corrected chi connectivity index (χ3v) is 5.55. The highest BCUT2D eigenvalue weighted by atomic mass is 16.5. The van der Waals surface area contributed by atoms with Crippen molar-refractivity contribution in [3.8, 4) is 0 Å². The number of hydrogen-bond acceptors (Lipinski definition) is 3. The third kappa shape index (κ3) is 3.11. The van der Waals surface area contributed by atoms with E-state index in [2.05, 4.69) is 47.3 Å². The van der Waals surface area contributed by atoms with Crippen molar-refractivity contribution >= 4 is 0 Å². The summed E-state index contributed by atoms with van der Waals surface area (Å²) in [5.74, 6) is 0. The number of rotatable bonds is 3. The summed E-state index contributed by atoms with van der Waals surface area (Å²) in [7, 11) is 2.23. The normalized spacial score (nSPS) is 24.0. The zero-order valence-corrected chi connectivity index (χ0v) is 14.4. The van der Waals surface area contributed by atoms with Crippen LogP contribution in [-0.2, 0) is 17.6 Å². The largest absolute Gasteiger partial charge is 0.367 e. The van der Waals surface area contributed by atoms with Crippen LogP contribution in [0.5, 0.6) is 0 Å². The van der Waals surface area contributed by atoms with Crippen molar-refractivity contribution < 1.29 is 4.74 Å². The summed E-state index contributed by atoms with van der Waals surface area (Å²) in [5.41, 5.74) is 5.16. The van der Waals surface area contributed by atoms with Gasteiger partial charge < -0.3 is 9.64 Å². The van der Waals surface area contributed by atoms with Gasteiger partial charge in [-0.05, 0) is 56.5 Å². The van der Waals surface area contributed by atoms with E-state index in [9.17, 15) is 0 Å². The SMILES string of the molecule is CN1CCCCC1COC1c2ccccc2CCc2ncccc21. The molecule has 0 saturated carbocycles. The number of benzene rings is 1. The van der Waals surface area contributed by atoms with E-state index in [0.717, 1.165) is 19.4 Å². The molecule has 0 radical (unpaired) electrons. The second-order valence-corrected chi connectivity index (χ2v) is 7.08. The maximum absolute atomic E-state index is 6.54. The fraction of sp³-hybridized carbons (Fsp3) is 0.476. The Labute approximate surface area is 144 Å². The fourth-order valence-electron chi connectivity index (χ4n) is 4.08. The van der Waals surface area contributed by atoms with Crippen molar-refractivity contribution in [2.24, 2.45) is 0 Å². The van der Waals surface area contributed by atoms with Gasteiger partial charge in [-0.3, -0.25) is 4.98 Å². The van der Waals surface area contributed by atoms with Crippen LogP contribution >= 0.6 is 0 Å². The first-order chi connectivity index (χ1) is 11.8. The average molecular weight is 322 g/mol. The van der Waals surface area contributed by atoms with Gasteiger partial charge in [-0.25, -0.2) is 0 Å². The van der Waals surface area contributed by atoms with Gasteiger partial charge >= 0.3 is 0 Å². The molecule has 4 rings (SSSR count). The van der Waals surface area contributed by atoms with Gasteiger partial charge in [-0.1, -0.05) is 36.8 Å². The van der Waals surface area contributed by atoms with Crippen LogP contribution in [0.4, 0.5) is 0 Å². The van der Waals surface area contributed by atoms with Gasteiger partial charge in [0.25, 0.3) is 0 Å². The molecule has 3 heteroatoms. The molecule has 1 aromatic carbocycles. The number of nitrogens with zero attached hydrogens (tertiary/aromatic N) is 2. The lowest BCUT2D eigenvalue weighted by molar-refractivity contribution is 0.0200. The summed E-state index contributed by atoms with van der Waals surface area (Å²) in [6.45, 7) is 1.98. The first-order valence-corrected chi connectivity index (χ1v) is 9.16. The standard InChI is InChI=1S/C21H26N2O/c1-23-14-5-4-8-17(23)15-24-21-18-9-3-2-7-16(18)11-12-20-19(21)10-6-13-22-20/h2-3,6-7,9-10,13,17,21H,4-5,8,11-12,14-15H2,1H3. The maximum Gasteiger partial charge on any atom is 0.110 e. The van der Waals surface area contributed by atoms with Crippen molar-refractivity contribution in [2.75, 3.05) is 20.2 Å². The second kappa shape index (κ2) is 7.04. The summed E-state index contributed by atoms with van der Waals surface area (Å²) in [6, 6.07) is 13.5. The van der Waals surface area contributed by atoms with E-state index in [1.54, 1.807) is 0 Å². The van der Waals surface area contributed by atoms with Crippen LogP contribution < -0.4 is 0 Å². The number of aromatic nitrogens is 1. The van der Waals surface area contributed by atoms with Gasteiger partial charge in [0.05, 0.1) is 6.61 Å². The van der Waals surface area contributed by atoms with Crippen LogP contribution in [0.15, 0.2) is 42.6 Å². The minimum atomic E-state index is 0.0164. The number of hydrogen-bond donors (Lipinski definition) is 0. The highest BCUT2D eigenvalue weighted by Gasteiger charge is 2.27. The van der Waals surface area contributed by atoms with Crippen LogP contribution in [-0.4, -0.2) is 36.1 Å². The molecule has 1 fully saturated rings. The predicted octanol–water partition coefficient (Wildman–Crippen LogP) is 3.77. The van der Waals surface area contributed by atoms with E-state index >= 15 is 0 Å². The lowest BCUT2D eigenvalue weighted by atomic mass is 9.98. The summed E-state index contributed by atoms with van der Waals surface area (Å²) in [6.07, 6.45) is 7.83. The molecule has 1 saturated heterocycles. The van der Waals surface area contributed by atoms with Crippen molar-refractivity contribution in [3.63, 3.8) is 0 Å². The molecule has 2 aromatic rings. The van der Waals surface area contributed by atoms with Gasteiger partial charge in [0.1, 0.15) is 6.10 Å².